The van der Waals surface area contributed by atoms with E-state index in [1.165, 1.54) is 16.7 Å². The predicted molar refractivity (Wildman–Crippen MR) is 155 cm³/mol. The molecule has 5 rings (SSSR count). The van der Waals surface area contributed by atoms with E-state index in [9.17, 15) is 27.6 Å². The van der Waals surface area contributed by atoms with Crippen LogP contribution in [0, 0.1) is 6.92 Å². The van der Waals surface area contributed by atoms with Crippen molar-refractivity contribution in [1.82, 2.24) is 9.55 Å². The quantitative estimate of drug-likeness (QED) is 0.230. The lowest BCUT2D eigenvalue weighted by molar-refractivity contribution is -0.137. The van der Waals surface area contributed by atoms with Gasteiger partial charge in [-0.05, 0) is 72.6 Å². The van der Waals surface area contributed by atoms with Gasteiger partial charge in [-0.15, -0.1) is 0 Å². The molecule has 212 valence electrons. The van der Waals surface area contributed by atoms with Crippen LogP contribution in [0.4, 0.5) is 30.4 Å². The van der Waals surface area contributed by atoms with E-state index in [2.05, 4.69) is 15.6 Å². The molecule has 0 unspecified atom stereocenters. The number of alkyl halides is 3. The third-order valence-corrected chi connectivity index (χ3v) is 6.77. The van der Waals surface area contributed by atoms with E-state index in [0.717, 1.165) is 17.7 Å². The SMILES string of the molecule is Cc1ccc(NC(=O)c2cccc(C(F)(F)F)c2)cc1-c1cc2cnc(Nc3cccc(C(N)=O)c3)cc2n(C)c1=O. The van der Waals surface area contributed by atoms with Crippen LogP contribution in [0.25, 0.3) is 22.0 Å². The molecule has 0 spiro atoms. The van der Waals surface area contributed by atoms with E-state index in [1.807, 2.05) is 6.92 Å². The van der Waals surface area contributed by atoms with E-state index in [0.29, 0.717) is 44.8 Å². The minimum absolute atomic E-state index is 0.148. The van der Waals surface area contributed by atoms with Crippen LogP contribution in [-0.2, 0) is 13.2 Å². The summed E-state index contributed by atoms with van der Waals surface area (Å²) in [7, 11) is 1.63. The molecule has 0 aliphatic heterocycles. The highest BCUT2D eigenvalue weighted by Crippen LogP contribution is 2.31. The standard InChI is InChI=1S/C31H24F3N5O3/c1-17-9-10-23(38-29(41)19-6-3-7-21(11-19)31(32,33)34)14-24(17)25-13-20-16-36-27(15-26(20)39(2)30(25)42)37-22-8-4-5-18(12-22)28(35)40/h3-16H,1-2H3,(H2,35,40)(H,36,37)(H,38,41). The van der Waals surface area contributed by atoms with Crippen molar-refractivity contribution in [1.29, 1.82) is 0 Å². The van der Waals surface area contributed by atoms with Gasteiger partial charge in [-0.2, -0.15) is 13.2 Å². The van der Waals surface area contributed by atoms with Gasteiger partial charge >= 0.3 is 6.18 Å². The number of amides is 2. The molecule has 0 atom stereocenters. The molecule has 0 aliphatic carbocycles. The zero-order chi connectivity index (χ0) is 30.2. The summed E-state index contributed by atoms with van der Waals surface area (Å²) in [6.07, 6.45) is -2.97. The summed E-state index contributed by atoms with van der Waals surface area (Å²) in [6.45, 7) is 1.81. The molecule has 11 heteroatoms. The monoisotopic (exact) mass is 571 g/mol. The minimum Gasteiger partial charge on any atom is -0.366 e. The van der Waals surface area contributed by atoms with Crippen LogP contribution in [0.3, 0.4) is 0 Å². The Hall–Kier alpha value is -5.45. The number of rotatable bonds is 6. The molecule has 4 N–H and O–H groups in total. The van der Waals surface area contributed by atoms with Gasteiger partial charge in [0.1, 0.15) is 5.82 Å². The van der Waals surface area contributed by atoms with Crippen molar-refractivity contribution in [2.75, 3.05) is 10.6 Å². The first kappa shape index (κ1) is 28.1. The zero-order valence-electron chi connectivity index (χ0n) is 22.4. The second-order valence-electron chi connectivity index (χ2n) is 9.68. The number of nitrogens with two attached hydrogens (primary N) is 1. The maximum absolute atomic E-state index is 13.5. The largest absolute Gasteiger partial charge is 0.416 e. The highest BCUT2D eigenvalue weighted by atomic mass is 19.4. The molecule has 42 heavy (non-hydrogen) atoms. The fourth-order valence-corrected chi connectivity index (χ4v) is 4.55. The smallest absolute Gasteiger partial charge is 0.366 e. The topological polar surface area (TPSA) is 119 Å². The second-order valence-corrected chi connectivity index (χ2v) is 9.68. The van der Waals surface area contributed by atoms with Gasteiger partial charge in [0.2, 0.25) is 5.91 Å². The molecule has 3 aromatic carbocycles. The number of carbonyl (C=O) groups is 2. The Morgan fingerprint density at radius 2 is 1.62 bits per heavy atom. The van der Waals surface area contributed by atoms with Crippen molar-refractivity contribution in [3.8, 4) is 11.1 Å². The molecule has 5 aromatic rings. The van der Waals surface area contributed by atoms with Crippen molar-refractivity contribution < 1.29 is 22.8 Å². The summed E-state index contributed by atoms with van der Waals surface area (Å²) in [5.74, 6) is -0.829. The van der Waals surface area contributed by atoms with Crippen LogP contribution >= 0.6 is 0 Å². The number of fused-ring (bicyclic) bond motifs is 1. The summed E-state index contributed by atoms with van der Waals surface area (Å²) in [6, 6.07) is 19.1. The normalized spacial score (nSPS) is 11.4. The molecule has 0 fully saturated rings. The molecular formula is C31H24F3N5O3. The Kier molecular flexibility index (Phi) is 7.25. The number of carbonyl (C=O) groups excluding carboxylic acids is 2. The third-order valence-electron chi connectivity index (χ3n) is 6.77. The molecule has 0 aliphatic rings. The molecule has 0 radical (unpaired) electrons. The number of hydrogen-bond donors (Lipinski definition) is 3. The molecule has 0 saturated heterocycles. The Balaban J connectivity index is 1.46. The number of hydrogen-bond acceptors (Lipinski definition) is 5. The molecule has 0 bridgehead atoms. The van der Waals surface area contributed by atoms with Gasteiger partial charge in [0.15, 0.2) is 0 Å². The summed E-state index contributed by atoms with van der Waals surface area (Å²) in [5, 5.41) is 6.40. The Morgan fingerprint density at radius 1 is 0.881 bits per heavy atom. The molecular weight excluding hydrogens is 547 g/mol. The van der Waals surface area contributed by atoms with Crippen molar-refractivity contribution in [2.24, 2.45) is 12.8 Å². The predicted octanol–water partition coefficient (Wildman–Crippen LogP) is 6.02. The summed E-state index contributed by atoms with van der Waals surface area (Å²) in [5.41, 5.74) is 7.48. The number of nitrogens with zero attached hydrogens (tertiary/aromatic N) is 2. The van der Waals surface area contributed by atoms with Gasteiger partial charge in [0.05, 0.1) is 11.1 Å². The first-order valence-corrected chi connectivity index (χ1v) is 12.7. The summed E-state index contributed by atoms with van der Waals surface area (Å²) < 4.78 is 40.8. The van der Waals surface area contributed by atoms with Crippen LogP contribution < -0.4 is 21.9 Å². The van der Waals surface area contributed by atoms with E-state index in [1.54, 1.807) is 67.8 Å². The van der Waals surface area contributed by atoms with Crippen molar-refractivity contribution in [3.05, 3.63) is 118 Å². The number of halogens is 3. The fraction of sp³-hybridized carbons (Fsp3) is 0.0968. The van der Waals surface area contributed by atoms with Gasteiger partial charge in [0.25, 0.3) is 11.5 Å². The zero-order valence-corrected chi connectivity index (χ0v) is 22.4. The van der Waals surface area contributed by atoms with Crippen LogP contribution in [0.2, 0.25) is 0 Å². The van der Waals surface area contributed by atoms with E-state index in [-0.39, 0.29) is 11.1 Å². The average molecular weight is 572 g/mol. The second kappa shape index (κ2) is 10.8. The van der Waals surface area contributed by atoms with Crippen LogP contribution in [0.15, 0.2) is 89.9 Å². The Bertz CT molecular complexity index is 1930. The number of nitrogens with one attached hydrogen (secondary N) is 2. The highest BCUT2D eigenvalue weighted by molar-refractivity contribution is 6.04. The number of pyridine rings is 2. The van der Waals surface area contributed by atoms with Crippen LogP contribution in [0.5, 0.6) is 0 Å². The number of aromatic nitrogens is 2. The van der Waals surface area contributed by atoms with Crippen molar-refractivity contribution in [2.45, 2.75) is 13.1 Å². The van der Waals surface area contributed by atoms with E-state index in [4.69, 9.17) is 5.73 Å². The molecule has 8 nitrogen and oxygen atoms in total. The first-order valence-electron chi connectivity index (χ1n) is 12.7. The maximum Gasteiger partial charge on any atom is 0.416 e. The minimum atomic E-state index is -4.58. The van der Waals surface area contributed by atoms with Crippen LogP contribution in [0.1, 0.15) is 31.8 Å². The fourth-order valence-electron chi connectivity index (χ4n) is 4.55. The Labute approximate surface area is 237 Å². The lowest BCUT2D eigenvalue weighted by Gasteiger charge is -2.14. The van der Waals surface area contributed by atoms with Gasteiger partial charge < -0.3 is 20.9 Å². The maximum atomic E-state index is 13.5. The van der Waals surface area contributed by atoms with E-state index < -0.39 is 23.6 Å². The van der Waals surface area contributed by atoms with Gasteiger partial charge in [0, 0.05) is 52.8 Å². The Morgan fingerprint density at radius 3 is 2.36 bits per heavy atom. The molecule has 2 heterocycles. The number of aryl methyl sites for hydroxylation is 2. The molecule has 0 saturated carbocycles. The number of primary amides is 1. The van der Waals surface area contributed by atoms with Crippen molar-refractivity contribution in [3.63, 3.8) is 0 Å². The van der Waals surface area contributed by atoms with Gasteiger partial charge in [-0.25, -0.2) is 4.98 Å². The van der Waals surface area contributed by atoms with Crippen molar-refractivity contribution >= 4 is 39.9 Å². The van der Waals surface area contributed by atoms with Crippen LogP contribution in [-0.4, -0.2) is 21.4 Å². The summed E-state index contributed by atoms with van der Waals surface area (Å²) >= 11 is 0. The lowest BCUT2D eigenvalue weighted by atomic mass is 9.99. The third kappa shape index (κ3) is 5.71. The average Bonchev–Trinajstić information content (AvgIpc) is 2.96. The molecule has 2 aromatic heterocycles. The van der Waals surface area contributed by atoms with Gasteiger partial charge in [-0.3, -0.25) is 14.4 Å². The lowest BCUT2D eigenvalue weighted by Crippen LogP contribution is -2.19. The number of anilines is 3. The molecule has 2 amide bonds. The number of benzene rings is 3. The summed E-state index contributed by atoms with van der Waals surface area (Å²) in [4.78, 5) is 42.2. The highest BCUT2D eigenvalue weighted by Gasteiger charge is 2.31. The van der Waals surface area contributed by atoms with E-state index >= 15 is 0 Å². The van der Waals surface area contributed by atoms with Gasteiger partial charge in [-0.1, -0.05) is 18.2 Å². The first-order chi connectivity index (χ1) is 19.9.